The molecule has 3 aromatic rings. The zero-order valence-corrected chi connectivity index (χ0v) is 19.5. The Balaban J connectivity index is 1.64. The lowest BCUT2D eigenvalue weighted by Gasteiger charge is -2.11. The van der Waals surface area contributed by atoms with Crippen LogP contribution in [0.3, 0.4) is 0 Å². The molecule has 0 atom stereocenters. The number of nitrogens with zero attached hydrogens (tertiary/aromatic N) is 3. The minimum absolute atomic E-state index is 0.155. The summed E-state index contributed by atoms with van der Waals surface area (Å²) in [4.78, 5) is 12.4. The van der Waals surface area contributed by atoms with Gasteiger partial charge in [0, 0.05) is 22.3 Å². The number of allylic oxidation sites excluding steroid dienone is 1. The second-order valence-electron chi connectivity index (χ2n) is 6.75. The Bertz CT molecular complexity index is 1100. The number of carbonyl (C=O) groups excluding carboxylic acids is 1. The van der Waals surface area contributed by atoms with Gasteiger partial charge in [0.1, 0.15) is 12.4 Å². The maximum atomic E-state index is 12.4. The summed E-state index contributed by atoms with van der Waals surface area (Å²) in [7, 11) is 0. The van der Waals surface area contributed by atoms with Crippen LogP contribution < -0.4 is 10.1 Å². The molecule has 0 aliphatic heterocycles. The van der Waals surface area contributed by atoms with E-state index in [0.29, 0.717) is 33.3 Å². The van der Waals surface area contributed by atoms with Crippen molar-refractivity contribution in [2.75, 3.05) is 11.1 Å². The van der Waals surface area contributed by atoms with E-state index in [0.717, 1.165) is 16.9 Å². The van der Waals surface area contributed by atoms with Crippen molar-refractivity contribution in [3.05, 3.63) is 76.0 Å². The molecule has 0 fully saturated rings. The Morgan fingerprint density at radius 3 is 2.81 bits per heavy atom. The Labute approximate surface area is 195 Å². The van der Waals surface area contributed by atoms with Crippen LogP contribution in [0.5, 0.6) is 5.75 Å². The summed E-state index contributed by atoms with van der Waals surface area (Å²) in [5.41, 5.74) is 2.46. The SMILES string of the molecule is C=CCn1c(COc2ccc(Cl)cc2C)nnc1SCC(=O)Nc1cccc(Cl)c1C. The number of amides is 1. The molecule has 0 spiro atoms. The molecule has 2 aromatic carbocycles. The second kappa shape index (κ2) is 10.7. The van der Waals surface area contributed by atoms with E-state index in [9.17, 15) is 4.79 Å². The third kappa shape index (κ3) is 6.03. The molecule has 3 rings (SSSR count). The average molecular weight is 477 g/mol. The predicted octanol–water partition coefficient (Wildman–Crippen LogP) is 5.70. The number of aromatic nitrogens is 3. The van der Waals surface area contributed by atoms with Crippen molar-refractivity contribution in [1.82, 2.24) is 14.8 Å². The molecule has 1 aromatic heterocycles. The van der Waals surface area contributed by atoms with E-state index in [2.05, 4.69) is 22.1 Å². The first-order valence-electron chi connectivity index (χ1n) is 9.48. The van der Waals surface area contributed by atoms with E-state index >= 15 is 0 Å². The van der Waals surface area contributed by atoms with Gasteiger partial charge in [0.2, 0.25) is 5.91 Å². The van der Waals surface area contributed by atoms with Crippen LogP contribution in [0.2, 0.25) is 10.0 Å². The fourth-order valence-electron chi connectivity index (χ4n) is 2.82. The van der Waals surface area contributed by atoms with Crippen molar-refractivity contribution in [2.24, 2.45) is 0 Å². The number of thioether (sulfide) groups is 1. The van der Waals surface area contributed by atoms with Crippen LogP contribution in [-0.2, 0) is 17.9 Å². The van der Waals surface area contributed by atoms with Gasteiger partial charge in [0.15, 0.2) is 11.0 Å². The maximum Gasteiger partial charge on any atom is 0.234 e. The van der Waals surface area contributed by atoms with Crippen molar-refractivity contribution in [2.45, 2.75) is 32.2 Å². The molecular weight excluding hydrogens is 455 g/mol. The lowest BCUT2D eigenvalue weighted by molar-refractivity contribution is -0.113. The largest absolute Gasteiger partial charge is 0.485 e. The molecule has 1 heterocycles. The van der Waals surface area contributed by atoms with Gasteiger partial charge in [-0.2, -0.15) is 0 Å². The number of hydrogen-bond acceptors (Lipinski definition) is 5. The van der Waals surface area contributed by atoms with Gasteiger partial charge in [-0.25, -0.2) is 0 Å². The lowest BCUT2D eigenvalue weighted by atomic mass is 10.2. The predicted molar refractivity (Wildman–Crippen MR) is 126 cm³/mol. The third-order valence-electron chi connectivity index (χ3n) is 4.47. The minimum Gasteiger partial charge on any atom is -0.485 e. The number of benzene rings is 2. The number of anilines is 1. The number of hydrogen-bond donors (Lipinski definition) is 1. The van der Waals surface area contributed by atoms with Gasteiger partial charge in [0.25, 0.3) is 0 Å². The smallest absolute Gasteiger partial charge is 0.234 e. The van der Waals surface area contributed by atoms with E-state index in [1.54, 1.807) is 24.3 Å². The third-order valence-corrected chi connectivity index (χ3v) is 6.08. The topological polar surface area (TPSA) is 69.0 Å². The molecule has 1 N–H and O–H groups in total. The van der Waals surface area contributed by atoms with Crippen molar-refractivity contribution < 1.29 is 9.53 Å². The Kier molecular flexibility index (Phi) is 8.01. The highest BCUT2D eigenvalue weighted by atomic mass is 35.5. The van der Waals surface area contributed by atoms with Crippen molar-refractivity contribution in [1.29, 1.82) is 0 Å². The Morgan fingerprint density at radius 1 is 1.26 bits per heavy atom. The van der Waals surface area contributed by atoms with E-state index in [1.165, 1.54) is 11.8 Å². The van der Waals surface area contributed by atoms with Crippen molar-refractivity contribution >= 4 is 46.6 Å². The zero-order chi connectivity index (χ0) is 22.4. The number of rotatable bonds is 9. The van der Waals surface area contributed by atoms with Crippen LogP contribution in [0.25, 0.3) is 0 Å². The first kappa shape index (κ1) is 23.2. The second-order valence-corrected chi connectivity index (χ2v) is 8.53. The van der Waals surface area contributed by atoms with E-state index in [1.807, 2.05) is 36.6 Å². The van der Waals surface area contributed by atoms with E-state index < -0.39 is 0 Å². The van der Waals surface area contributed by atoms with E-state index in [4.69, 9.17) is 27.9 Å². The Hall–Kier alpha value is -2.48. The number of nitrogens with one attached hydrogen (secondary N) is 1. The summed E-state index contributed by atoms with van der Waals surface area (Å²) in [5, 5.41) is 13.2. The molecule has 0 aliphatic rings. The first-order chi connectivity index (χ1) is 14.9. The van der Waals surface area contributed by atoms with Crippen LogP contribution >= 0.6 is 35.0 Å². The molecular formula is C22H22Cl2N4O2S. The summed E-state index contributed by atoms with van der Waals surface area (Å²) in [6.07, 6.45) is 1.75. The minimum atomic E-state index is -0.155. The fraction of sp³-hybridized carbons (Fsp3) is 0.227. The van der Waals surface area contributed by atoms with Gasteiger partial charge >= 0.3 is 0 Å². The van der Waals surface area contributed by atoms with Gasteiger partial charge in [-0.15, -0.1) is 16.8 Å². The summed E-state index contributed by atoms with van der Waals surface area (Å²) in [6.45, 7) is 8.32. The number of aryl methyl sites for hydroxylation is 1. The van der Waals surface area contributed by atoms with Crippen molar-refractivity contribution in [3.8, 4) is 5.75 Å². The number of ether oxygens (including phenoxy) is 1. The lowest BCUT2D eigenvalue weighted by Crippen LogP contribution is -2.15. The van der Waals surface area contributed by atoms with Crippen LogP contribution in [0, 0.1) is 13.8 Å². The summed E-state index contributed by atoms with van der Waals surface area (Å²) < 4.78 is 7.77. The number of halogens is 2. The van der Waals surface area contributed by atoms with Crippen LogP contribution in [-0.4, -0.2) is 26.4 Å². The molecule has 0 saturated heterocycles. The van der Waals surface area contributed by atoms with Gasteiger partial charge in [-0.05, 0) is 55.3 Å². The standard InChI is InChI=1S/C22H22Cl2N4O2S/c1-4-10-28-20(12-30-19-9-8-16(23)11-14(19)2)26-27-22(28)31-13-21(29)25-18-7-5-6-17(24)15(18)3/h4-9,11H,1,10,12-13H2,2-3H3,(H,25,29). The molecule has 0 saturated carbocycles. The van der Waals surface area contributed by atoms with Crippen LogP contribution in [0.1, 0.15) is 17.0 Å². The first-order valence-corrected chi connectivity index (χ1v) is 11.2. The normalized spacial score (nSPS) is 10.7. The highest BCUT2D eigenvalue weighted by Crippen LogP contribution is 2.25. The van der Waals surface area contributed by atoms with Gasteiger partial charge in [-0.3, -0.25) is 9.36 Å². The monoisotopic (exact) mass is 476 g/mol. The fourth-order valence-corrected chi connectivity index (χ4v) is 3.99. The zero-order valence-electron chi connectivity index (χ0n) is 17.2. The van der Waals surface area contributed by atoms with Crippen molar-refractivity contribution in [3.63, 3.8) is 0 Å². The van der Waals surface area contributed by atoms with Crippen LogP contribution in [0.15, 0.2) is 54.2 Å². The van der Waals surface area contributed by atoms with Crippen LogP contribution in [0.4, 0.5) is 5.69 Å². The molecule has 0 radical (unpaired) electrons. The molecule has 9 heteroatoms. The molecule has 0 unspecified atom stereocenters. The molecule has 6 nitrogen and oxygen atoms in total. The summed E-state index contributed by atoms with van der Waals surface area (Å²) in [6, 6.07) is 10.8. The highest BCUT2D eigenvalue weighted by Gasteiger charge is 2.15. The molecule has 0 bridgehead atoms. The molecule has 0 aliphatic carbocycles. The van der Waals surface area contributed by atoms with Gasteiger partial charge < -0.3 is 10.1 Å². The quantitative estimate of drug-likeness (QED) is 0.316. The molecule has 1 amide bonds. The van der Waals surface area contributed by atoms with E-state index in [-0.39, 0.29) is 18.3 Å². The van der Waals surface area contributed by atoms with Gasteiger partial charge in [0.05, 0.1) is 5.75 Å². The Morgan fingerprint density at radius 2 is 2.06 bits per heavy atom. The average Bonchev–Trinajstić information content (AvgIpc) is 3.11. The molecule has 162 valence electrons. The maximum absolute atomic E-state index is 12.4. The summed E-state index contributed by atoms with van der Waals surface area (Å²) in [5.74, 6) is 1.39. The number of carbonyl (C=O) groups is 1. The summed E-state index contributed by atoms with van der Waals surface area (Å²) >= 11 is 13.4. The van der Waals surface area contributed by atoms with Gasteiger partial charge in [-0.1, -0.05) is 47.1 Å². The molecule has 31 heavy (non-hydrogen) atoms. The highest BCUT2D eigenvalue weighted by molar-refractivity contribution is 7.99.